The number of piperidine rings is 1. The highest BCUT2D eigenvalue weighted by atomic mass is 19.4. The number of ether oxygens (including phenoxy) is 1. The number of pyridine rings is 1. The summed E-state index contributed by atoms with van der Waals surface area (Å²) >= 11 is 0. The van der Waals surface area contributed by atoms with Gasteiger partial charge in [-0.15, -0.1) is 0 Å². The van der Waals surface area contributed by atoms with E-state index in [-0.39, 0.29) is 31.5 Å². The van der Waals surface area contributed by atoms with Gasteiger partial charge in [-0.1, -0.05) is 13.8 Å². The first-order valence-corrected chi connectivity index (χ1v) is 12.5. The van der Waals surface area contributed by atoms with E-state index >= 15 is 0 Å². The fourth-order valence-electron chi connectivity index (χ4n) is 4.83. The van der Waals surface area contributed by atoms with Crippen molar-refractivity contribution in [2.75, 3.05) is 44.2 Å². The summed E-state index contributed by atoms with van der Waals surface area (Å²) in [5, 5.41) is 25.8. The van der Waals surface area contributed by atoms with Crippen LogP contribution in [0.25, 0.3) is 10.9 Å². The predicted octanol–water partition coefficient (Wildman–Crippen LogP) is 4.02. The minimum Gasteiger partial charge on any atom is -0.493 e. The van der Waals surface area contributed by atoms with Crippen molar-refractivity contribution in [3.63, 3.8) is 0 Å². The average molecular weight is 530 g/mol. The zero-order valence-corrected chi connectivity index (χ0v) is 21.3. The second kappa shape index (κ2) is 10.8. The van der Waals surface area contributed by atoms with Crippen molar-refractivity contribution in [3.8, 4) is 11.8 Å². The van der Waals surface area contributed by atoms with E-state index in [1.54, 1.807) is 6.20 Å². The van der Waals surface area contributed by atoms with Gasteiger partial charge in [0.2, 0.25) is 11.7 Å². The average Bonchev–Trinajstić information content (AvgIpc) is 2.89. The molecule has 3 heterocycles. The second-order valence-electron chi connectivity index (χ2n) is 9.98. The molecule has 9 nitrogen and oxygen atoms in total. The number of hydrogen-bond acceptors (Lipinski definition) is 7. The molecule has 2 aromatic rings. The Labute approximate surface area is 218 Å². The first-order valence-electron chi connectivity index (χ1n) is 12.5. The molecule has 0 unspecified atom stereocenters. The number of piperazine rings is 1. The molecule has 2 N–H and O–H groups in total. The number of nitriles is 1. The molecule has 1 aromatic heterocycles. The number of benzene rings is 1. The van der Waals surface area contributed by atoms with Gasteiger partial charge in [0.25, 0.3) is 0 Å². The Bertz CT molecular complexity index is 1280. The van der Waals surface area contributed by atoms with E-state index in [0.717, 1.165) is 11.1 Å². The normalized spacial score (nSPS) is 17.2. The largest absolute Gasteiger partial charge is 0.493 e. The molecule has 0 atom stereocenters. The number of carbonyl (C=O) groups excluding carboxylic acids is 1. The van der Waals surface area contributed by atoms with E-state index in [1.165, 1.54) is 4.90 Å². The van der Waals surface area contributed by atoms with Crippen LogP contribution in [0.15, 0.2) is 24.4 Å². The monoisotopic (exact) mass is 529 g/mol. The number of alkyl halides is 3. The lowest BCUT2D eigenvalue weighted by Gasteiger charge is -2.40. The molecule has 0 saturated carbocycles. The summed E-state index contributed by atoms with van der Waals surface area (Å²) in [4.78, 5) is 21.7. The van der Waals surface area contributed by atoms with Crippen LogP contribution in [-0.2, 0) is 4.79 Å². The van der Waals surface area contributed by atoms with Gasteiger partial charge in [-0.05, 0) is 30.9 Å². The zero-order chi connectivity index (χ0) is 27.6. The van der Waals surface area contributed by atoms with Gasteiger partial charge in [0.1, 0.15) is 17.7 Å². The molecule has 2 fully saturated rings. The maximum absolute atomic E-state index is 13.1. The summed E-state index contributed by atoms with van der Waals surface area (Å²) in [7, 11) is 0. The zero-order valence-electron chi connectivity index (χ0n) is 21.3. The fraction of sp³-hybridized carbons (Fsp3) is 0.500. The number of nitrogens with one attached hydrogen (secondary N) is 2. The molecule has 12 heteroatoms. The first-order chi connectivity index (χ1) is 18.0. The summed E-state index contributed by atoms with van der Waals surface area (Å²) in [6.45, 7) is 5.28. The van der Waals surface area contributed by atoms with Crippen LogP contribution in [0.4, 0.5) is 18.9 Å². The molecule has 4 rings (SSSR count). The van der Waals surface area contributed by atoms with Crippen LogP contribution < -0.4 is 9.64 Å². The number of hydrogen-bond donors (Lipinski definition) is 2. The van der Waals surface area contributed by atoms with E-state index in [0.29, 0.717) is 60.2 Å². The van der Waals surface area contributed by atoms with Gasteiger partial charge >= 0.3 is 6.18 Å². The van der Waals surface area contributed by atoms with Crippen LogP contribution in [0, 0.1) is 34.0 Å². The number of fused-ring (bicyclic) bond motifs is 1. The molecule has 2 saturated heterocycles. The fourth-order valence-corrected chi connectivity index (χ4v) is 4.83. The first kappa shape index (κ1) is 27.2. The molecule has 2 aliphatic rings. The molecule has 0 aliphatic carbocycles. The molecule has 2 aliphatic heterocycles. The number of nitrogens with zero attached hydrogens (tertiary/aromatic N) is 5. The highest BCUT2D eigenvalue weighted by Gasteiger charge is 2.42. The van der Waals surface area contributed by atoms with E-state index in [1.807, 2.05) is 18.2 Å². The molecule has 202 valence electrons. The minimum atomic E-state index is -4.84. The molecule has 1 amide bonds. The number of amides is 1. The third kappa shape index (κ3) is 5.66. The van der Waals surface area contributed by atoms with Crippen LogP contribution in [0.5, 0.6) is 5.75 Å². The van der Waals surface area contributed by atoms with Gasteiger partial charge < -0.3 is 19.4 Å². The van der Waals surface area contributed by atoms with Gasteiger partial charge in [0, 0.05) is 49.7 Å². The number of aromatic nitrogens is 1. The Hall–Kier alpha value is -3.88. The number of anilines is 1. The molecule has 0 spiro atoms. The standard InChI is InChI=1S/C26H30F3N7O2/c1-16(2)15-38-19-3-4-20-21(11-19)33-13-18(12-30)23(20)34-7-5-17(6-8-34)24(37)35-9-10-36(22(31)14-35)25(32)26(27,28)29/h3-4,11,13,16-17,31-32H,5-10,14-15H2,1-2H3. The minimum absolute atomic E-state index is 0.0225. The molecular weight excluding hydrogens is 499 g/mol. The van der Waals surface area contributed by atoms with Crippen LogP contribution in [0.2, 0.25) is 0 Å². The molecule has 0 bridgehead atoms. The topological polar surface area (TPSA) is 120 Å². The van der Waals surface area contributed by atoms with E-state index in [2.05, 4.69) is 29.8 Å². The van der Waals surface area contributed by atoms with Gasteiger partial charge in [0.05, 0.1) is 29.9 Å². The third-order valence-electron chi connectivity index (χ3n) is 6.79. The Morgan fingerprint density at radius 3 is 2.55 bits per heavy atom. The maximum atomic E-state index is 13.1. The highest BCUT2D eigenvalue weighted by molar-refractivity contribution is 6.03. The van der Waals surface area contributed by atoms with Crippen LogP contribution in [0.3, 0.4) is 0 Å². The van der Waals surface area contributed by atoms with Gasteiger partial charge in [-0.25, -0.2) is 0 Å². The summed E-state index contributed by atoms with van der Waals surface area (Å²) in [5.74, 6) is -1.44. The van der Waals surface area contributed by atoms with Gasteiger partial charge in [0.15, 0.2) is 0 Å². The van der Waals surface area contributed by atoms with Crippen molar-refractivity contribution in [3.05, 3.63) is 30.0 Å². The van der Waals surface area contributed by atoms with Crippen molar-refractivity contribution in [1.82, 2.24) is 14.8 Å². The quantitative estimate of drug-likeness (QED) is 0.446. The Kier molecular flexibility index (Phi) is 7.76. The summed E-state index contributed by atoms with van der Waals surface area (Å²) in [6, 6.07) is 7.83. The lowest BCUT2D eigenvalue weighted by molar-refractivity contribution is -0.136. The molecule has 1 aromatic carbocycles. The van der Waals surface area contributed by atoms with Crippen molar-refractivity contribution < 1.29 is 22.7 Å². The van der Waals surface area contributed by atoms with E-state index in [9.17, 15) is 23.2 Å². The van der Waals surface area contributed by atoms with Crippen LogP contribution in [-0.4, -0.2) is 77.9 Å². The van der Waals surface area contributed by atoms with Crippen molar-refractivity contribution in [1.29, 1.82) is 16.1 Å². The number of halogens is 3. The van der Waals surface area contributed by atoms with Crippen molar-refractivity contribution in [2.45, 2.75) is 32.9 Å². The van der Waals surface area contributed by atoms with Crippen molar-refractivity contribution in [2.24, 2.45) is 11.8 Å². The predicted molar refractivity (Wildman–Crippen MR) is 137 cm³/mol. The third-order valence-corrected chi connectivity index (χ3v) is 6.79. The van der Waals surface area contributed by atoms with Gasteiger partial charge in [-0.3, -0.25) is 20.6 Å². The Balaban J connectivity index is 1.43. The van der Waals surface area contributed by atoms with E-state index in [4.69, 9.17) is 15.6 Å². The highest BCUT2D eigenvalue weighted by Crippen LogP contribution is 2.34. The molecule has 38 heavy (non-hydrogen) atoms. The summed E-state index contributed by atoms with van der Waals surface area (Å²) in [6.07, 6.45) is -2.28. The maximum Gasteiger partial charge on any atom is 0.449 e. The lowest BCUT2D eigenvalue weighted by Crippen LogP contribution is -2.57. The van der Waals surface area contributed by atoms with Crippen molar-refractivity contribution >= 4 is 34.2 Å². The Morgan fingerprint density at radius 1 is 1.24 bits per heavy atom. The number of amidine groups is 2. The molecule has 0 radical (unpaired) electrons. The summed E-state index contributed by atoms with van der Waals surface area (Å²) < 4.78 is 44.5. The Morgan fingerprint density at radius 2 is 1.95 bits per heavy atom. The van der Waals surface area contributed by atoms with Crippen LogP contribution in [0.1, 0.15) is 32.3 Å². The summed E-state index contributed by atoms with van der Waals surface area (Å²) in [5.41, 5.74) is 1.91. The lowest BCUT2D eigenvalue weighted by atomic mass is 9.93. The van der Waals surface area contributed by atoms with Crippen LogP contribution >= 0.6 is 0 Å². The smallest absolute Gasteiger partial charge is 0.449 e. The number of rotatable bonds is 5. The SMILES string of the molecule is CC(C)COc1ccc2c(N3CCC(C(=O)N4CCN(C(=N)C(F)(F)F)C(=N)C4)CC3)c(C#N)cnc2c1. The molecular formula is C26H30F3N7O2. The number of carbonyl (C=O) groups is 1. The van der Waals surface area contributed by atoms with Gasteiger partial charge in [-0.2, -0.15) is 18.4 Å². The van der Waals surface area contributed by atoms with E-state index < -0.39 is 17.8 Å². The second-order valence-corrected chi connectivity index (χ2v) is 9.98.